The van der Waals surface area contributed by atoms with E-state index in [1.54, 1.807) is 43.3 Å². The third-order valence-electron chi connectivity index (χ3n) is 5.85. The predicted octanol–water partition coefficient (Wildman–Crippen LogP) is 4.90. The molecule has 0 fully saturated rings. The van der Waals surface area contributed by atoms with Crippen molar-refractivity contribution in [3.63, 3.8) is 0 Å². The Kier molecular flexibility index (Phi) is 8.42. The van der Waals surface area contributed by atoms with Crippen LogP contribution in [-0.2, 0) is 9.53 Å². The number of allylic oxidation sites excluding steroid dienone is 1. The lowest BCUT2D eigenvalue weighted by molar-refractivity contribution is -0.139. The molecule has 0 radical (unpaired) electrons. The molecule has 4 rings (SSSR count). The molecular formula is C27H26Cl2N2O5S. The number of carbonyl (C=O) groups is 1. The Balaban J connectivity index is 2.03. The summed E-state index contributed by atoms with van der Waals surface area (Å²) >= 11 is 13.9. The number of hydrogen-bond acceptors (Lipinski definition) is 7. The number of hydrogen-bond donors (Lipinski definition) is 0. The number of methoxy groups -OCH3 is 2. The number of rotatable bonds is 8. The van der Waals surface area contributed by atoms with Gasteiger partial charge in [-0.25, -0.2) is 9.79 Å². The molecule has 0 bridgehead atoms. The molecule has 0 N–H and O–H groups in total. The monoisotopic (exact) mass is 560 g/mol. The average Bonchev–Trinajstić information content (AvgIpc) is 3.18. The summed E-state index contributed by atoms with van der Waals surface area (Å²) in [5.74, 6) is 0.500. The van der Waals surface area contributed by atoms with Crippen molar-refractivity contribution in [3.05, 3.63) is 88.5 Å². The van der Waals surface area contributed by atoms with Gasteiger partial charge in [-0.15, -0.1) is 0 Å². The molecule has 0 spiro atoms. The Morgan fingerprint density at radius 2 is 1.84 bits per heavy atom. The van der Waals surface area contributed by atoms with Gasteiger partial charge in [0, 0.05) is 10.6 Å². The van der Waals surface area contributed by atoms with Crippen molar-refractivity contribution in [2.45, 2.75) is 32.7 Å². The number of nitrogens with zero attached hydrogens (tertiary/aromatic N) is 2. The van der Waals surface area contributed by atoms with Gasteiger partial charge in [0.25, 0.3) is 5.56 Å². The maximum absolute atomic E-state index is 13.9. The second-order valence-electron chi connectivity index (χ2n) is 8.19. The topological polar surface area (TPSA) is 79.1 Å². The summed E-state index contributed by atoms with van der Waals surface area (Å²) in [5, 5.41) is 0.878. The molecule has 10 heteroatoms. The Morgan fingerprint density at radius 1 is 1.11 bits per heavy atom. The van der Waals surface area contributed by atoms with E-state index in [0.717, 1.165) is 12.0 Å². The van der Waals surface area contributed by atoms with Crippen LogP contribution in [0.1, 0.15) is 43.9 Å². The van der Waals surface area contributed by atoms with E-state index in [1.165, 1.54) is 30.1 Å². The summed E-state index contributed by atoms with van der Waals surface area (Å²) in [6.07, 6.45) is 3.03. The molecule has 194 valence electrons. The number of ether oxygens (including phenoxy) is 3. The van der Waals surface area contributed by atoms with Gasteiger partial charge in [0.05, 0.1) is 41.7 Å². The van der Waals surface area contributed by atoms with Crippen LogP contribution in [0.2, 0.25) is 10.0 Å². The van der Waals surface area contributed by atoms with E-state index in [-0.39, 0.29) is 12.2 Å². The standard InChI is InChI=1S/C27H26Cl2N2O5S/c1-5-7-19-23(26(33)36-6-2)24(17-14-16(28)9-11-20(17)34-3)31-25(32)22(37-27(31)30-19)13-15-8-10-21(35-4)18(29)12-15/h8-14,24H,5-7H2,1-4H3/b22-13-/t24-/m0/s1. The lowest BCUT2D eigenvalue weighted by Gasteiger charge is -2.27. The summed E-state index contributed by atoms with van der Waals surface area (Å²) in [6, 6.07) is 9.57. The largest absolute Gasteiger partial charge is 0.496 e. The van der Waals surface area contributed by atoms with Gasteiger partial charge < -0.3 is 14.2 Å². The molecule has 1 aliphatic rings. The van der Waals surface area contributed by atoms with Gasteiger partial charge in [-0.2, -0.15) is 0 Å². The summed E-state index contributed by atoms with van der Waals surface area (Å²) in [6.45, 7) is 3.93. The number of carbonyl (C=O) groups excluding carboxylic acids is 1. The molecule has 0 aliphatic carbocycles. The number of thiazole rings is 1. The smallest absolute Gasteiger partial charge is 0.338 e. The van der Waals surface area contributed by atoms with Crippen molar-refractivity contribution in [2.24, 2.45) is 4.99 Å². The lowest BCUT2D eigenvalue weighted by atomic mass is 9.93. The summed E-state index contributed by atoms with van der Waals surface area (Å²) in [5.41, 5.74) is 1.87. The summed E-state index contributed by atoms with van der Waals surface area (Å²) in [4.78, 5) is 32.4. The maximum atomic E-state index is 13.9. The molecule has 0 saturated heterocycles. The molecule has 2 aromatic carbocycles. The summed E-state index contributed by atoms with van der Waals surface area (Å²) < 4.78 is 18.2. The Morgan fingerprint density at radius 3 is 2.49 bits per heavy atom. The van der Waals surface area contributed by atoms with E-state index >= 15 is 0 Å². The molecule has 1 atom stereocenters. The molecule has 0 unspecified atom stereocenters. The number of esters is 1. The van der Waals surface area contributed by atoms with Crippen molar-refractivity contribution in [1.29, 1.82) is 0 Å². The van der Waals surface area contributed by atoms with Crippen LogP contribution in [-0.4, -0.2) is 31.4 Å². The van der Waals surface area contributed by atoms with Crippen LogP contribution in [0.25, 0.3) is 6.08 Å². The highest BCUT2D eigenvalue weighted by Gasteiger charge is 2.36. The van der Waals surface area contributed by atoms with Crippen LogP contribution in [0.3, 0.4) is 0 Å². The highest BCUT2D eigenvalue weighted by atomic mass is 35.5. The van der Waals surface area contributed by atoms with Crippen molar-refractivity contribution in [2.75, 3.05) is 20.8 Å². The van der Waals surface area contributed by atoms with E-state index in [0.29, 0.717) is 54.1 Å². The van der Waals surface area contributed by atoms with Crippen LogP contribution >= 0.6 is 34.5 Å². The van der Waals surface area contributed by atoms with Crippen LogP contribution in [0, 0.1) is 0 Å². The average molecular weight is 561 g/mol. The fourth-order valence-corrected chi connectivity index (χ4v) is 5.72. The summed E-state index contributed by atoms with van der Waals surface area (Å²) in [7, 11) is 3.07. The quantitative estimate of drug-likeness (QED) is 0.366. The van der Waals surface area contributed by atoms with E-state index in [2.05, 4.69) is 0 Å². The fourth-order valence-electron chi connectivity index (χ4n) is 4.26. The molecule has 0 saturated carbocycles. The van der Waals surface area contributed by atoms with Gasteiger partial charge in [0.15, 0.2) is 4.80 Å². The molecule has 3 aromatic rings. The Hall–Kier alpha value is -3.07. The van der Waals surface area contributed by atoms with Crippen LogP contribution in [0.15, 0.2) is 57.5 Å². The zero-order valence-electron chi connectivity index (χ0n) is 20.8. The van der Waals surface area contributed by atoms with Gasteiger partial charge in [-0.1, -0.05) is 53.9 Å². The van der Waals surface area contributed by atoms with Crippen LogP contribution in [0.5, 0.6) is 11.5 Å². The first-order chi connectivity index (χ1) is 17.8. The zero-order chi connectivity index (χ0) is 26.7. The zero-order valence-corrected chi connectivity index (χ0v) is 23.2. The number of aromatic nitrogens is 1. The minimum atomic E-state index is -0.827. The minimum Gasteiger partial charge on any atom is -0.496 e. The van der Waals surface area contributed by atoms with Gasteiger partial charge in [0.1, 0.15) is 17.5 Å². The maximum Gasteiger partial charge on any atom is 0.338 e. The first-order valence-electron chi connectivity index (χ1n) is 11.7. The highest BCUT2D eigenvalue weighted by molar-refractivity contribution is 7.07. The van der Waals surface area contributed by atoms with Gasteiger partial charge in [-0.3, -0.25) is 9.36 Å². The first kappa shape index (κ1) is 27.0. The second kappa shape index (κ2) is 11.5. The second-order valence-corrected chi connectivity index (χ2v) is 10.0. The Labute approximate surface area is 228 Å². The molecule has 2 heterocycles. The van der Waals surface area contributed by atoms with Crippen molar-refractivity contribution < 1.29 is 19.0 Å². The predicted molar refractivity (Wildman–Crippen MR) is 146 cm³/mol. The lowest BCUT2D eigenvalue weighted by Crippen LogP contribution is -2.40. The van der Waals surface area contributed by atoms with Crippen molar-refractivity contribution in [1.82, 2.24) is 4.57 Å². The van der Waals surface area contributed by atoms with Gasteiger partial charge in [0.2, 0.25) is 0 Å². The SMILES string of the molecule is CCCC1=C(C(=O)OCC)[C@H](c2cc(Cl)ccc2OC)n2c(s/c(=C\c3ccc(OC)c(Cl)c3)c2=O)=N1. The third-order valence-corrected chi connectivity index (χ3v) is 7.37. The molecule has 0 amide bonds. The first-order valence-corrected chi connectivity index (χ1v) is 13.3. The molecule has 1 aliphatic heterocycles. The fraction of sp³-hybridized carbons (Fsp3) is 0.296. The molecule has 37 heavy (non-hydrogen) atoms. The van der Waals surface area contributed by atoms with E-state index < -0.39 is 12.0 Å². The van der Waals surface area contributed by atoms with Crippen LogP contribution in [0.4, 0.5) is 0 Å². The minimum absolute atomic E-state index is 0.184. The number of halogens is 2. The Bertz CT molecular complexity index is 1560. The van der Waals surface area contributed by atoms with E-state index in [1.807, 2.05) is 13.0 Å². The molecular weight excluding hydrogens is 535 g/mol. The highest BCUT2D eigenvalue weighted by Crippen LogP contribution is 2.38. The molecule has 1 aromatic heterocycles. The third kappa shape index (κ3) is 5.32. The van der Waals surface area contributed by atoms with Gasteiger partial charge in [-0.05, 0) is 55.3 Å². The van der Waals surface area contributed by atoms with Crippen molar-refractivity contribution in [3.8, 4) is 11.5 Å². The number of benzene rings is 2. The normalized spacial score (nSPS) is 15.3. The van der Waals surface area contributed by atoms with E-state index in [4.69, 9.17) is 42.4 Å². The number of fused-ring (bicyclic) bond motifs is 1. The van der Waals surface area contributed by atoms with Crippen molar-refractivity contribution >= 4 is 46.6 Å². The van der Waals surface area contributed by atoms with E-state index in [9.17, 15) is 9.59 Å². The molecule has 7 nitrogen and oxygen atoms in total. The van der Waals surface area contributed by atoms with Crippen LogP contribution < -0.4 is 24.4 Å². The van der Waals surface area contributed by atoms with Gasteiger partial charge >= 0.3 is 5.97 Å².